The number of hydrogen-bond acceptors (Lipinski definition) is 7. The topological polar surface area (TPSA) is 85.6 Å². The molecule has 0 bridgehead atoms. The molecule has 0 spiro atoms. The van der Waals surface area contributed by atoms with Crippen molar-refractivity contribution in [3.05, 3.63) is 76.8 Å². The van der Waals surface area contributed by atoms with Gasteiger partial charge in [0.2, 0.25) is 11.1 Å². The van der Waals surface area contributed by atoms with Crippen molar-refractivity contribution in [2.75, 3.05) is 11.1 Å². The van der Waals surface area contributed by atoms with Crippen LogP contribution in [0.1, 0.15) is 16.0 Å². The number of hydrogen-bond donors (Lipinski definition) is 1. The number of anilines is 1. The van der Waals surface area contributed by atoms with Crippen molar-refractivity contribution in [1.29, 1.82) is 0 Å². The Morgan fingerprint density at radius 2 is 1.94 bits per heavy atom. The lowest BCUT2D eigenvalue weighted by molar-refractivity contribution is -0.137. The van der Waals surface area contributed by atoms with Gasteiger partial charge in [-0.15, -0.1) is 16.4 Å². The SMILES string of the molecule is O=C(CSc1nnnn1-c1ccccc1)Nc1ncc(Cc2cccc(C(F)(F)F)c2)s1. The third-order valence-corrected chi connectivity index (χ3v) is 6.04. The van der Waals surface area contributed by atoms with Crippen molar-refractivity contribution in [2.45, 2.75) is 17.8 Å². The fourth-order valence-corrected chi connectivity index (χ4v) is 4.35. The summed E-state index contributed by atoms with van der Waals surface area (Å²) >= 11 is 2.39. The highest BCUT2D eigenvalue weighted by molar-refractivity contribution is 7.99. The Bertz CT molecular complexity index is 1210. The number of benzene rings is 2. The number of aromatic nitrogens is 5. The lowest BCUT2D eigenvalue weighted by atomic mass is 10.1. The smallest absolute Gasteiger partial charge is 0.301 e. The van der Waals surface area contributed by atoms with Gasteiger partial charge in [0, 0.05) is 17.5 Å². The minimum atomic E-state index is -4.39. The van der Waals surface area contributed by atoms with Gasteiger partial charge in [-0.05, 0) is 34.2 Å². The van der Waals surface area contributed by atoms with E-state index in [-0.39, 0.29) is 18.1 Å². The van der Waals surface area contributed by atoms with E-state index >= 15 is 0 Å². The van der Waals surface area contributed by atoms with Crippen LogP contribution in [0.25, 0.3) is 5.69 Å². The maximum absolute atomic E-state index is 12.9. The summed E-state index contributed by atoms with van der Waals surface area (Å²) in [6.45, 7) is 0. The number of halogens is 3. The van der Waals surface area contributed by atoms with Crippen LogP contribution in [-0.2, 0) is 17.4 Å². The number of thiazole rings is 1. The van der Waals surface area contributed by atoms with E-state index in [1.54, 1.807) is 12.3 Å². The van der Waals surface area contributed by atoms with Crippen LogP contribution in [0.5, 0.6) is 0 Å². The molecule has 1 amide bonds. The third-order valence-electron chi connectivity index (χ3n) is 4.21. The van der Waals surface area contributed by atoms with Crippen molar-refractivity contribution in [3.63, 3.8) is 0 Å². The Labute approximate surface area is 188 Å². The van der Waals surface area contributed by atoms with Crippen molar-refractivity contribution in [2.24, 2.45) is 0 Å². The van der Waals surface area contributed by atoms with E-state index in [1.807, 2.05) is 30.3 Å². The molecule has 0 saturated carbocycles. The summed E-state index contributed by atoms with van der Waals surface area (Å²) in [5.41, 5.74) is 0.604. The summed E-state index contributed by atoms with van der Waals surface area (Å²) in [6, 6.07) is 14.4. The molecule has 2 heterocycles. The van der Waals surface area contributed by atoms with Gasteiger partial charge >= 0.3 is 6.18 Å². The highest BCUT2D eigenvalue weighted by Gasteiger charge is 2.30. The standard InChI is InChI=1S/C20H15F3N6OS2/c21-20(22,23)14-6-4-5-13(9-14)10-16-11-24-18(32-16)25-17(30)12-31-19-26-27-28-29(19)15-7-2-1-3-8-15/h1-9,11H,10,12H2,(H,24,25,30). The molecule has 0 atom stereocenters. The second-order valence-corrected chi connectivity index (χ2v) is 8.61. The molecular formula is C20H15F3N6OS2. The predicted octanol–water partition coefficient (Wildman–Crippen LogP) is 4.46. The highest BCUT2D eigenvalue weighted by atomic mass is 32.2. The molecular weight excluding hydrogens is 461 g/mol. The van der Waals surface area contributed by atoms with Crippen LogP contribution in [0.4, 0.5) is 18.3 Å². The summed E-state index contributed by atoms with van der Waals surface area (Å²) in [5, 5.41) is 15.1. The molecule has 2 aromatic heterocycles. The first kappa shape index (κ1) is 22.0. The quantitative estimate of drug-likeness (QED) is 0.397. The Morgan fingerprint density at radius 1 is 1.12 bits per heavy atom. The Morgan fingerprint density at radius 3 is 2.72 bits per heavy atom. The summed E-state index contributed by atoms with van der Waals surface area (Å²) in [5.74, 6) is -0.229. The monoisotopic (exact) mass is 476 g/mol. The fourth-order valence-electron chi connectivity index (χ4n) is 2.79. The van der Waals surface area contributed by atoms with Crippen molar-refractivity contribution < 1.29 is 18.0 Å². The molecule has 0 aliphatic heterocycles. The molecule has 0 aliphatic rings. The van der Waals surface area contributed by atoms with Crippen LogP contribution in [0, 0.1) is 0 Å². The van der Waals surface area contributed by atoms with Gasteiger partial charge in [0.15, 0.2) is 5.13 Å². The van der Waals surface area contributed by atoms with Gasteiger partial charge in [-0.1, -0.05) is 48.2 Å². The molecule has 7 nitrogen and oxygen atoms in total. The number of nitrogens with one attached hydrogen (secondary N) is 1. The van der Waals surface area contributed by atoms with Gasteiger partial charge in [0.25, 0.3) is 0 Å². The summed E-state index contributed by atoms with van der Waals surface area (Å²) in [7, 11) is 0. The molecule has 32 heavy (non-hydrogen) atoms. The zero-order valence-electron chi connectivity index (χ0n) is 16.3. The molecule has 1 N–H and O–H groups in total. The van der Waals surface area contributed by atoms with E-state index in [9.17, 15) is 18.0 Å². The van der Waals surface area contributed by atoms with Gasteiger partial charge in [0.05, 0.1) is 17.0 Å². The largest absolute Gasteiger partial charge is 0.416 e. The molecule has 4 aromatic rings. The first-order valence-corrected chi connectivity index (χ1v) is 11.1. The number of tetrazole rings is 1. The van der Waals surface area contributed by atoms with Crippen LogP contribution in [0.2, 0.25) is 0 Å². The summed E-state index contributed by atoms with van der Waals surface area (Å²) < 4.78 is 40.2. The van der Waals surface area contributed by atoms with Gasteiger partial charge in [-0.3, -0.25) is 4.79 Å². The molecule has 4 rings (SSSR count). The molecule has 0 radical (unpaired) electrons. The maximum atomic E-state index is 12.9. The van der Waals surface area contributed by atoms with Crippen molar-refractivity contribution >= 4 is 34.1 Å². The molecule has 0 fully saturated rings. The van der Waals surface area contributed by atoms with E-state index in [1.165, 1.54) is 33.8 Å². The van der Waals surface area contributed by atoms with Crippen LogP contribution in [0.15, 0.2) is 66.0 Å². The lowest BCUT2D eigenvalue weighted by Crippen LogP contribution is -2.14. The van der Waals surface area contributed by atoms with E-state index in [4.69, 9.17) is 0 Å². The molecule has 0 aliphatic carbocycles. The van der Waals surface area contributed by atoms with E-state index in [0.717, 1.165) is 22.7 Å². The number of carbonyl (C=O) groups excluding carboxylic acids is 1. The molecule has 0 unspecified atom stereocenters. The Hall–Kier alpha value is -3.25. The normalized spacial score (nSPS) is 11.5. The number of para-hydroxylation sites is 1. The minimum Gasteiger partial charge on any atom is -0.301 e. The second kappa shape index (κ2) is 9.49. The van der Waals surface area contributed by atoms with E-state index in [0.29, 0.717) is 15.9 Å². The zero-order valence-corrected chi connectivity index (χ0v) is 17.9. The average molecular weight is 477 g/mol. The number of alkyl halides is 3. The molecule has 0 saturated heterocycles. The Balaban J connectivity index is 1.34. The first-order chi connectivity index (χ1) is 15.4. The van der Waals surface area contributed by atoms with Gasteiger partial charge in [-0.25, -0.2) is 4.98 Å². The van der Waals surface area contributed by atoms with Crippen molar-refractivity contribution in [3.8, 4) is 5.69 Å². The number of thioether (sulfide) groups is 1. The fraction of sp³-hybridized carbons (Fsp3) is 0.150. The summed E-state index contributed by atoms with van der Waals surface area (Å²) in [4.78, 5) is 17.2. The minimum absolute atomic E-state index is 0.0652. The number of amides is 1. The lowest BCUT2D eigenvalue weighted by Gasteiger charge is -2.07. The van der Waals surface area contributed by atoms with E-state index < -0.39 is 11.7 Å². The second-order valence-electron chi connectivity index (χ2n) is 6.55. The number of rotatable bonds is 7. The van der Waals surface area contributed by atoms with Crippen LogP contribution in [-0.4, -0.2) is 36.9 Å². The maximum Gasteiger partial charge on any atom is 0.416 e. The predicted molar refractivity (Wildman–Crippen MR) is 115 cm³/mol. The highest BCUT2D eigenvalue weighted by Crippen LogP contribution is 2.30. The van der Waals surface area contributed by atoms with Crippen LogP contribution >= 0.6 is 23.1 Å². The number of nitrogens with zero attached hydrogens (tertiary/aromatic N) is 5. The van der Waals surface area contributed by atoms with Gasteiger partial charge in [-0.2, -0.15) is 17.9 Å². The van der Waals surface area contributed by atoms with Gasteiger partial charge < -0.3 is 5.32 Å². The van der Waals surface area contributed by atoms with Crippen LogP contribution in [0.3, 0.4) is 0 Å². The van der Waals surface area contributed by atoms with Crippen LogP contribution < -0.4 is 5.32 Å². The summed E-state index contributed by atoms with van der Waals surface area (Å²) in [6.07, 6.45) is -2.55. The third kappa shape index (κ3) is 5.51. The van der Waals surface area contributed by atoms with Crippen molar-refractivity contribution in [1.82, 2.24) is 25.2 Å². The van der Waals surface area contributed by atoms with E-state index in [2.05, 4.69) is 25.8 Å². The zero-order chi connectivity index (χ0) is 22.6. The Kier molecular flexibility index (Phi) is 6.51. The first-order valence-electron chi connectivity index (χ1n) is 9.26. The molecule has 12 heteroatoms. The number of carbonyl (C=O) groups is 1. The van der Waals surface area contributed by atoms with Gasteiger partial charge in [0.1, 0.15) is 0 Å². The average Bonchev–Trinajstić information content (AvgIpc) is 3.42. The molecule has 164 valence electrons. The molecule has 2 aromatic carbocycles.